The van der Waals surface area contributed by atoms with Crippen molar-refractivity contribution in [1.82, 2.24) is 4.31 Å². The number of ether oxygens (including phenoxy) is 1. The molecular weight excluding hydrogens is 204 g/mol. The molecule has 1 fully saturated rings. The molecule has 14 heavy (non-hydrogen) atoms. The highest BCUT2D eigenvalue weighted by Gasteiger charge is 2.33. The van der Waals surface area contributed by atoms with E-state index in [4.69, 9.17) is 10.5 Å². The summed E-state index contributed by atoms with van der Waals surface area (Å²) in [5, 5.41) is 0. The van der Waals surface area contributed by atoms with Crippen LogP contribution in [0.5, 0.6) is 0 Å². The minimum absolute atomic E-state index is 0.0349. The molecule has 0 aromatic rings. The van der Waals surface area contributed by atoms with Gasteiger partial charge in [0.25, 0.3) is 0 Å². The number of sulfonamides is 1. The van der Waals surface area contributed by atoms with Gasteiger partial charge in [-0.05, 0) is 5.92 Å². The molecule has 2 atom stereocenters. The van der Waals surface area contributed by atoms with E-state index in [0.717, 1.165) is 0 Å². The van der Waals surface area contributed by atoms with Gasteiger partial charge in [-0.1, -0.05) is 6.92 Å². The number of hydrogen-bond donors (Lipinski definition) is 1. The zero-order valence-corrected chi connectivity index (χ0v) is 9.46. The van der Waals surface area contributed by atoms with Crippen molar-refractivity contribution in [3.05, 3.63) is 0 Å². The normalized spacial score (nSPS) is 29.6. The Balaban J connectivity index is 2.57. The molecule has 1 heterocycles. The highest BCUT2D eigenvalue weighted by molar-refractivity contribution is 7.89. The van der Waals surface area contributed by atoms with Crippen LogP contribution in [0, 0.1) is 5.92 Å². The van der Waals surface area contributed by atoms with Crippen LogP contribution in [-0.2, 0) is 14.8 Å². The van der Waals surface area contributed by atoms with Crippen LogP contribution in [-0.4, -0.2) is 51.3 Å². The van der Waals surface area contributed by atoms with E-state index in [2.05, 4.69) is 0 Å². The summed E-state index contributed by atoms with van der Waals surface area (Å²) < 4.78 is 29.6. The second-order valence-corrected chi connectivity index (χ2v) is 5.86. The molecule has 1 aliphatic heterocycles. The monoisotopic (exact) mass is 222 g/mol. The fraction of sp³-hybridized carbons (Fsp3) is 1.00. The second-order valence-electron chi connectivity index (χ2n) is 3.77. The third-order valence-electron chi connectivity index (χ3n) is 2.58. The lowest BCUT2D eigenvalue weighted by atomic mass is 10.1. The molecule has 1 saturated heterocycles. The molecule has 0 aromatic carbocycles. The molecule has 1 aliphatic rings. The van der Waals surface area contributed by atoms with Gasteiger partial charge in [0.1, 0.15) is 0 Å². The first-order valence-corrected chi connectivity index (χ1v) is 6.30. The Labute approximate surface area is 85.3 Å². The van der Waals surface area contributed by atoms with E-state index in [1.165, 1.54) is 11.4 Å². The first-order valence-electron chi connectivity index (χ1n) is 4.69. The van der Waals surface area contributed by atoms with Crippen LogP contribution < -0.4 is 5.73 Å². The number of methoxy groups -OCH3 is 1. The van der Waals surface area contributed by atoms with Crippen molar-refractivity contribution in [3.63, 3.8) is 0 Å². The van der Waals surface area contributed by atoms with Crippen LogP contribution in [0.25, 0.3) is 0 Å². The maximum Gasteiger partial charge on any atom is 0.216 e. The molecule has 0 aromatic heterocycles. The van der Waals surface area contributed by atoms with E-state index >= 15 is 0 Å². The van der Waals surface area contributed by atoms with Gasteiger partial charge in [-0.3, -0.25) is 0 Å². The molecule has 2 N–H and O–H groups in total. The first-order chi connectivity index (χ1) is 6.47. The van der Waals surface area contributed by atoms with Gasteiger partial charge in [-0.25, -0.2) is 8.42 Å². The number of nitrogens with zero attached hydrogens (tertiary/aromatic N) is 1. The third kappa shape index (κ3) is 2.66. The summed E-state index contributed by atoms with van der Waals surface area (Å²) in [6.45, 7) is 3.18. The summed E-state index contributed by atoms with van der Waals surface area (Å²) in [6, 6.07) is -0.0349. The van der Waals surface area contributed by atoms with Crippen LogP contribution in [0.2, 0.25) is 0 Å². The van der Waals surface area contributed by atoms with Crippen LogP contribution in [0.4, 0.5) is 0 Å². The molecule has 2 unspecified atom stereocenters. The van der Waals surface area contributed by atoms with E-state index in [1.54, 1.807) is 0 Å². The number of rotatable bonds is 4. The van der Waals surface area contributed by atoms with Gasteiger partial charge in [0.05, 0.1) is 12.4 Å². The largest absolute Gasteiger partial charge is 0.384 e. The van der Waals surface area contributed by atoms with Crippen LogP contribution in [0.3, 0.4) is 0 Å². The lowest BCUT2D eigenvalue weighted by Crippen LogP contribution is -2.34. The van der Waals surface area contributed by atoms with Gasteiger partial charge in [-0.2, -0.15) is 4.31 Å². The zero-order chi connectivity index (χ0) is 10.8. The minimum Gasteiger partial charge on any atom is -0.384 e. The van der Waals surface area contributed by atoms with Gasteiger partial charge in [0.15, 0.2) is 0 Å². The van der Waals surface area contributed by atoms with Crippen LogP contribution in [0.15, 0.2) is 0 Å². The summed E-state index contributed by atoms with van der Waals surface area (Å²) in [5.74, 6) is 0.287. The van der Waals surface area contributed by atoms with Crippen molar-refractivity contribution >= 4 is 10.0 Å². The van der Waals surface area contributed by atoms with Crippen molar-refractivity contribution in [3.8, 4) is 0 Å². The smallest absolute Gasteiger partial charge is 0.216 e. The summed E-state index contributed by atoms with van der Waals surface area (Å²) in [6.07, 6.45) is 0. The Morgan fingerprint density at radius 3 is 2.57 bits per heavy atom. The predicted molar refractivity (Wildman–Crippen MR) is 54.4 cm³/mol. The van der Waals surface area contributed by atoms with E-state index in [9.17, 15) is 8.42 Å². The molecular formula is C8H18N2O3S. The Morgan fingerprint density at radius 2 is 2.14 bits per heavy atom. The molecule has 0 aliphatic carbocycles. The molecule has 0 saturated carbocycles. The SMILES string of the molecule is COCCS(=O)(=O)N1CC(C)C(N)C1. The van der Waals surface area contributed by atoms with E-state index < -0.39 is 10.0 Å². The standard InChI is InChI=1S/C8H18N2O3S/c1-7-5-10(6-8(7)9)14(11,12)4-3-13-2/h7-8H,3-6,9H2,1-2H3. The summed E-state index contributed by atoms with van der Waals surface area (Å²) in [7, 11) is -1.67. The van der Waals surface area contributed by atoms with E-state index in [0.29, 0.717) is 13.1 Å². The minimum atomic E-state index is -3.16. The summed E-state index contributed by atoms with van der Waals surface area (Å²) >= 11 is 0. The molecule has 84 valence electrons. The Hall–Kier alpha value is -0.170. The van der Waals surface area contributed by atoms with Crippen LogP contribution in [0.1, 0.15) is 6.92 Å². The highest BCUT2D eigenvalue weighted by Crippen LogP contribution is 2.18. The predicted octanol–water partition coefficient (Wildman–Crippen LogP) is -0.758. The number of nitrogens with two attached hydrogens (primary N) is 1. The third-order valence-corrected chi connectivity index (χ3v) is 4.34. The summed E-state index contributed by atoms with van der Waals surface area (Å²) in [4.78, 5) is 0. The lowest BCUT2D eigenvalue weighted by molar-refractivity contribution is 0.215. The van der Waals surface area contributed by atoms with E-state index in [1.807, 2.05) is 6.92 Å². The molecule has 0 bridgehead atoms. The lowest BCUT2D eigenvalue weighted by Gasteiger charge is -2.15. The Morgan fingerprint density at radius 1 is 1.50 bits per heavy atom. The maximum atomic E-state index is 11.7. The molecule has 1 rings (SSSR count). The first kappa shape index (κ1) is 11.9. The fourth-order valence-corrected chi connectivity index (χ4v) is 2.99. The maximum absolute atomic E-state index is 11.7. The highest BCUT2D eigenvalue weighted by atomic mass is 32.2. The van der Waals surface area contributed by atoms with Crippen molar-refractivity contribution in [1.29, 1.82) is 0 Å². The molecule has 0 spiro atoms. The van der Waals surface area contributed by atoms with Gasteiger partial charge >= 0.3 is 0 Å². The van der Waals surface area contributed by atoms with Crippen LogP contribution >= 0.6 is 0 Å². The molecule has 0 amide bonds. The topological polar surface area (TPSA) is 72.6 Å². The van der Waals surface area contributed by atoms with Gasteiger partial charge < -0.3 is 10.5 Å². The molecule has 6 heteroatoms. The van der Waals surface area contributed by atoms with E-state index in [-0.39, 0.29) is 24.3 Å². The van der Waals surface area contributed by atoms with Gasteiger partial charge in [0, 0.05) is 26.2 Å². The summed E-state index contributed by atoms with van der Waals surface area (Å²) in [5.41, 5.74) is 5.76. The Kier molecular flexibility index (Phi) is 3.88. The second kappa shape index (κ2) is 4.57. The van der Waals surface area contributed by atoms with Gasteiger partial charge in [-0.15, -0.1) is 0 Å². The van der Waals surface area contributed by atoms with Crippen molar-refractivity contribution in [2.24, 2.45) is 11.7 Å². The number of hydrogen-bond acceptors (Lipinski definition) is 4. The fourth-order valence-electron chi connectivity index (χ4n) is 1.49. The zero-order valence-electron chi connectivity index (χ0n) is 8.64. The van der Waals surface area contributed by atoms with Crippen molar-refractivity contribution < 1.29 is 13.2 Å². The molecule has 5 nitrogen and oxygen atoms in total. The average Bonchev–Trinajstić information content (AvgIpc) is 2.45. The molecule has 0 radical (unpaired) electrons. The van der Waals surface area contributed by atoms with Gasteiger partial charge in [0.2, 0.25) is 10.0 Å². The quantitative estimate of drug-likeness (QED) is 0.679. The van der Waals surface area contributed by atoms with Crippen molar-refractivity contribution in [2.75, 3.05) is 32.6 Å². The average molecular weight is 222 g/mol. The van der Waals surface area contributed by atoms with Crippen molar-refractivity contribution in [2.45, 2.75) is 13.0 Å². The Bertz CT molecular complexity index is 268.